The molecule has 194 valence electrons. The van der Waals surface area contributed by atoms with Crippen LogP contribution in [0.3, 0.4) is 0 Å². The molecule has 2 aromatic rings. The third kappa shape index (κ3) is 4.86. The van der Waals surface area contributed by atoms with Gasteiger partial charge in [0, 0.05) is 43.8 Å². The number of nitrogens with one attached hydrogen (secondary N) is 1. The lowest BCUT2D eigenvalue weighted by Gasteiger charge is -2.51. The number of hydrogen-bond acceptors (Lipinski definition) is 6. The number of urea groups is 1. The van der Waals surface area contributed by atoms with E-state index in [1.54, 1.807) is 18.6 Å². The third-order valence-electron chi connectivity index (χ3n) is 8.93. The number of carbonyl (C=O) groups excluding carboxylic acids is 1. The van der Waals surface area contributed by atoms with E-state index in [1.807, 2.05) is 4.90 Å². The molecule has 2 N–H and O–H groups in total. The summed E-state index contributed by atoms with van der Waals surface area (Å²) in [6, 6.07) is 10.9. The summed E-state index contributed by atoms with van der Waals surface area (Å²) < 4.78 is 0. The van der Waals surface area contributed by atoms with Gasteiger partial charge in [-0.25, -0.2) is 4.79 Å². The molecule has 1 aliphatic heterocycles. The van der Waals surface area contributed by atoms with E-state index in [9.17, 15) is 9.90 Å². The highest BCUT2D eigenvalue weighted by Crippen LogP contribution is 2.49. The highest BCUT2D eigenvalue weighted by atomic mass is 16.3. The first-order valence-electron chi connectivity index (χ1n) is 13.4. The highest BCUT2D eigenvalue weighted by Gasteiger charge is 2.55. The van der Waals surface area contributed by atoms with Crippen molar-refractivity contribution < 1.29 is 9.90 Å². The quantitative estimate of drug-likeness (QED) is 0.523. The molecule has 1 saturated heterocycles. The molecule has 2 heterocycles. The molecule has 5 rings (SSSR count). The Bertz CT molecular complexity index is 1010. The van der Waals surface area contributed by atoms with Gasteiger partial charge in [-0.2, -0.15) is 0 Å². The molecule has 1 aromatic carbocycles. The van der Waals surface area contributed by atoms with Crippen molar-refractivity contribution >= 4 is 6.03 Å². The number of rotatable bonds is 9. The molecule has 1 atom stereocenters. The van der Waals surface area contributed by atoms with Crippen molar-refractivity contribution in [1.29, 1.82) is 0 Å². The van der Waals surface area contributed by atoms with E-state index in [0.717, 1.165) is 37.9 Å². The summed E-state index contributed by atoms with van der Waals surface area (Å²) in [5.41, 5.74) is 1.95. The van der Waals surface area contributed by atoms with E-state index in [4.69, 9.17) is 0 Å². The maximum absolute atomic E-state index is 13.7. The summed E-state index contributed by atoms with van der Waals surface area (Å²) in [5, 5.41) is 13.8. The van der Waals surface area contributed by atoms with Crippen molar-refractivity contribution in [3.63, 3.8) is 0 Å². The van der Waals surface area contributed by atoms with Crippen molar-refractivity contribution in [2.24, 2.45) is 5.92 Å². The van der Waals surface area contributed by atoms with Gasteiger partial charge < -0.3 is 14.9 Å². The second-order valence-electron chi connectivity index (χ2n) is 11.2. The van der Waals surface area contributed by atoms with E-state index in [2.05, 4.69) is 69.5 Å². The Morgan fingerprint density at radius 2 is 1.89 bits per heavy atom. The van der Waals surface area contributed by atoms with Crippen molar-refractivity contribution in [2.75, 3.05) is 33.7 Å². The van der Waals surface area contributed by atoms with Gasteiger partial charge in [0.1, 0.15) is 6.23 Å². The summed E-state index contributed by atoms with van der Waals surface area (Å²) in [7, 11) is 4.37. The van der Waals surface area contributed by atoms with Gasteiger partial charge in [-0.15, -0.1) is 0 Å². The topological polar surface area (TPSA) is 84.8 Å². The number of amides is 2. The number of carbonyl (C=O) groups is 1. The van der Waals surface area contributed by atoms with Crippen LogP contribution in [0.5, 0.6) is 0 Å². The van der Waals surface area contributed by atoms with Crippen molar-refractivity contribution in [1.82, 2.24) is 30.0 Å². The van der Waals surface area contributed by atoms with Crippen LogP contribution in [-0.4, -0.2) is 81.3 Å². The lowest BCUT2D eigenvalue weighted by atomic mass is 9.68. The summed E-state index contributed by atoms with van der Waals surface area (Å²) in [4.78, 5) is 28.5. The fourth-order valence-corrected chi connectivity index (χ4v) is 6.45. The van der Waals surface area contributed by atoms with Gasteiger partial charge in [-0.3, -0.25) is 20.2 Å². The van der Waals surface area contributed by atoms with Crippen LogP contribution in [0.25, 0.3) is 0 Å². The summed E-state index contributed by atoms with van der Waals surface area (Å²) in [6.45, 7) is 2.22. The Morgan fingerprint density at radius 1 is 1.14 bits per heavy atom. The number of aliphatic hydroxyl groups is 1. The zero-order chi connectivity index (χ0) is 25.2. The van der Waals surface area contributed by atoms with Gasteiger partial charge in [0.2, 0.25) is 0 Å². The normalized spacial score (nSPS) is 27.6. The zero-order valence-electron chi connectivity index (χ0n) is 21.6. The van der Waals surface area contributed by atoms with Crippen LogP contribution < -0.4 is 5.32 Å². The largest absolute Gasteiger partial charge is 0.377 e. The first kappa shape index (κ1) is 25.1. The number of nitrogens with zero attached hydrogens (tertiary/aromatic N) is 5. The Morgan fingerprint density at radius 3 is 2.50 bits per heavy atom. The van der Waals surface area contributed by atoms with Gasteiger partial charge in [0.05, 0.1) is 17.8 Å². The van der Waals surface area contributed by atoms with Crippen LogP contribution in [0.2, 0.25) is 0 Å². The average Bonchev–Trinajstić information content (AvgIpc) is 3.11. The van der Waals surface area contributed by atoms with Gasteiger partial charge in [-0.05, 0) is 64.1 Å². The SMILES string of the molecule is CN(C)C1(c2ccccc2)CCC2(CC1)CN(CC(O)NCc1cnccn1)C(=O)N2CC1CCC1. The van der Waals surface area contributed by atoms with Crippen molar-refractivity contribution in [2.45, 2.75) is 68.8 Å². The van der Waals surface area contributed by atoms with Gasteiger partial charge in [-0.1, -0.05) is 36.8 Å². The van der Waals surface area contributed by atoms with Crippen LogP contribution in [0.1, 0.15) is 56.2 Å². The Hall–Kier alpha value is -2.55. The van der Waals surface area contributed by atoms with E-state index < -0.39 is 6.23 Å². The molecule has 36 heavy (non-hydrogen) atoms. The minimum absolute atomic E-state index is 0.0110. The standard InChI is InChI=1S/C28H40N6O2/c1-32(2)28(23-9-4-3-5-10-23)13-11-27(12-14-28)21-33(26(36)34(27)19-22-7-6-8-22)20-25(35)31-18-24-17-29-15-16-30-24/h3-5,9-10,15-17,22,25,31,35H,6-8,11-14,18-21H2,1-2H3. The van der Waals surface area contributed by atoms with Crippen LogP contribution in [0, 0.1) is 5.92 Å². The van der Waals surface area contributed by atoms with Crippen molar-refractivity contribution in [3.05, 3.63) is 60.2 Å². The molecule has 0 bridgehead atoms. The molecule has 0 radical (unpaired) electrons. The Balaban J connectivity index is 1.30. The predicted octanol–water partition coefficient (Wildman–Crippen LogP) is 3.19. The molecule has 8 nitrogen and oxygen atoms in total. The number of hydrogen-bond donors (Lipinski definition) is 2. The van der Waals surface area contributed by atoms with Gasteiger partial charge in [0.15, 0.2) is 0 Å². The Kier molecular flexibility index (Phi) is 7.28. The van der Waals surface area contributed by atoms with Crippen LogP contribution in [0.15, 0.2) is 48.9 Å². The zero-order valence-corrected chi connectivity index (χ0v) is 21.6. The molecule has 2 amide bonds. The third-order valence-corrected chi connectivity index (χ3v) is 8.93. The van der Waals surface area contributed by atoms with E-state index >= 15 is 0 Å². The first-order chi connectivity index (χ1) is 17.4. The number of benzene rings is 1. The summed E-state index contributed by atoms with van der Waals surface area (Å²) >= 11 is 0. The molecule has 1 spiro atoms. The lowest BCUT2D eigenvalue weighted by molar-refractivity contribution is 0.0152. The maximum Gasteiger partial charge on any atom is 0.320 e. The monoisotopic (exact) mass is 492 g/mol. The number of aliphatic hydroxyl groups excluding tert-OH is 1. The van der Waals surface area contributed by atoms with E-state index in [1.165, 1.54) is 24.8 Å². The molecule has 1 unspecified atom stereocenters. The number of aromatic nitrogens is 2. The summed E-state index contributed by atoms with van der Waals surface area (Å²) in [6.07, 6.45) is 11.8. The molecule has 8 heteroatoms. The minimum Gasteiger partial charge on any atom is -0.377 e. The molecule has 3 aliphatic rings. The van der Waals surface area contributed by atoms with Crippen molar-refractivity contribution in [3.8, 4) is 0 Å². The minimum atomic E-state index is -0.814. The predicted molar refractivity (Wildman–Crippen MR) is 139 cm³/mol. The smallest absolute Gasteiger partial charge is 0.320 e. The van der Waals surface area contributed by atoms with Gasteiger partial charge in [0.25, 0.3) is 0 Å². The molecule has 2 saturated carbocycles. The second kappa shape index (κ2) is 10.4. The number of β-amino-alcohol motifs (C(OH)–C–C–N with tert-alkyl or cyclic N) is 1. The average molecular weight is 493 g/mol. The Labute approximate surface area is 214 Å². The van der Waals surface area contributed by atoms with Crippen LogP contribution in [0.4, 0.5) is 4.79 Å². The van der Waals surface area contributed by atoms with E-state index in [0.29, 0.717) is 19.0 Å². The first-order valence-corrected chi connectivity index (χ1v) is 13.4. The second-order valence-corrected chi connectivity index (χ2v) is 11.2. The van der Waals surface area contributed by atoms with Gasteiger partial charge >= 0.3 is 6.03 Å². The fraction of sp³-hybridized carbons (Fsp3) is 0.607. The highest BCUT2D eigenvalue weighted by molar-refractivity contribution is 5.78. The molecule has 2 aliphatic carbocycles. The van der Waals surface area contributed by atoms with Crippen LogP contribution >= 0.6 is 0 Å². The van der Waals surface area contributed by atoms with Crippen LogP contribution in [-0.2, 0) is 12.1 Å². The molecular formula is C28H40N6O2. The molecule has 3 fully saturated rings. The maximum atomic E-state index is 13.7. The summed E-state index contributed by atoms with van der Waals surface area (Å²) in [5.74, 6) is 0.611. The molecular weight excluding hydrogens is 452 g/mol. The lowest BCUT2D eigenvalue weighted by Crippen LogP contribution is -2.56. The fourth-order valence-electron chi connectivity index (χ4n) is 6.45. The molecule has 1 aromatic heterocycles. The van der Waals surface area contributed by atoms with E-state index in [-0.39, 0.29) is 23.7 Å².